The number of fused-ring (bicyclic) bond motifs is 1. The van der Waals surface area contributed by atoms with Crippen molar-refractivity contribution in [3.8, 4) is 0 Å². The van der Waals surface area contributed by atoms with Gasteiger partial charge >= 0.3 is 13.4 Å². The van der Waals surface area contributed by atoms with Crippen LogP contribution in [-0.2, 0) is 23.1 Å². The maximum Gasteiger partial charge on any atom is 0.407 e. The molecular weight excluding hydrogens is 491 g/mol. The minimum atomic E-state index is -3.75. The molecule has 2 aromatic rings. The second-order valence-corrected chi connectivity index (χ2v) is 11.5. The quantitative estimate of drug-likeness (QED) is 0.281. The highest BCUT2D eigenvalue weighted by molar-refractivity contribution is 8.13. The first-order valence-electron chi connectivity index (χ1n) is 10.3. The number of aliphatic hydroxyl groups is 2. The number of hydrogen-bond donors (Lipinski definition) is 3. The molecule has 5 atom stereocenters. The van der Waals surface area contributed by atoms with Gasteiger partial charge in [-0.3, -0.25) is 18.4 Å². The van der Waals surface area contributed by atoms with Gasteiger partial charge in [0.25, 0.3) is 0 Å². The van der Waals surface area contributed by atoms with Crippen molar-refractivity contribution in [3.63, 3.8) is 0 Å². The van der Waals surface area contributed by atoms with E-state index in [4.69, 9.17) is 13.8 Å². The number of aromatic nitrogens is 4. The van der Waals surface area contributed by atoms with E-state index in [-0.39, 0.29) is 30.1 Å². The largest absolute Gasteiger partial charge is 0.407 e. The minimum absolute atomic E-state index is 0.00569. The second kappa shape index (κ2) is 10.4. The molecule has 190 valence electrons. The SMILES string of the molecule is CNc1nc(=O)n2ccn([C@@H]3O[C@H](COP(=O)(OCCSC(C)=O)N(C)C)C(O)[C@]3(C)O)c2n1. The van der Waals surface area contributed by atoms with E-state index in [0.29, 0.717) is 5.75 Å². The average Bonchev–Trinajstić information content (AvgIpc) is 3.28. The molecule has 3 heterocycles. The Labute approximate surface area is 199 Å². The Balaban J connectivity index is 1.78. The van der Waals surface area contributed by atoms with Crippen LogP contribution in [0.3, 0.4) is 0 Å². The number of anilines is 1. The molecule has 1 fully saturated rings. The molecular formula is C18H29N6O8PS. The summed E-state index contributed by atoms with van der Waals surface area (Å²) in [6, 6.07) is 0. The lowest BCUT2D eigenvalue weighted by Gasteiger charge is -2.27. The Morgan fingerprint density at radius 1 is 1.38 bits per heavy atom. The first-order chi connectivity index (χ1) is 15.9. The lowest BCUT2D eigenvalue weighted by atomic mass is 9.97. The van der Waals surface area contributed by atoms with E-state index >= 15 is 0 Å². The van der Waals surface area contributed by atoms with Crippen LogP contribution in [0.15, 0.2) is 17.2 Å². The number of nitrogens with one attached hydrogen (secondary N) is 1. The number of hydrogen-bond acceptors (Lipinski definition) is 12. The molecule has 0 aromatic carbocycles. The number of carbonyl (C=O) groups excluding carboxylic acids is 1. The lowest BCUT2D eigenvalue weighted by Crippen LogP contribution is -2.44. The van der Waals surface area contributed by atoms with Gasteiger partial charge in [-0.25, -0.2) is 18.4 Å². The number of ether oxygens (including phenoxy) is 1. The van der Waals surface area contributed by atoms with Gasteiger partial charge in [0.2, 0.25) is 11.7 Å². The maximum atomic E-state index is 13.1. The molecule has 1 aliphatic heterocycles. The molecule has 3 rings (SSSR count). The van der Waals surface area contributed by atoms with Gasteiger partial charge in [-0.2, -0.15) is 9.97 Å². The number of aliphatic hydroxyl groups excluding tert-OH is 1. The van der Waals surface area contributed by atoms with Crippen molar-refractivity contribution in [2.24, 2.45) is 0 Å². The summed E-state index contributed by atoms with van der Waals surface area (Å²) >= 11 is 1.03. The van der Waals surface area contributed by atoms with Gasteiger partial charge in [-0.15, -0.1) is 0 Å². The van der Waals surface area contributed by atoms with E-state index in [0.717, 1.165) is 11.8 Å². The highest BCUT2D eigenvalue weighted by atomic mass is 32.2. The van der Waals surface area contributed by atoms with Crippen molar-refractivity contribution in [1.29, 1.82) is 0 Å². The van der Waals surface area contributed by atoms with Gasteiger partial charge in [0.05, 0.1) is 13.2 Å². The standard InChI is InChI=1S/C18H29N6O8PS/c1-11(25)34-9-8-30-33(29,22(4)5)31-10-12-13(26)18(2,28)14(32-12)23-6-7-24-16(23)20-15(19-3)21-17(24)27/h6-7,12-14,26,28H,8-10H2,1-5H3,(H,19,21,27)/t12-,13?,14-,18+,33?/m1/s1. The summed E-state index contributed by atoms with van der Waals surface area (Å²) in [4.78, 5) is 31.3. The van der Waals surface area contributed by atoms with E-state index in [9.17, 15) is 24.4 Å². The molecule has 2 unspecified atom stereocenters. The molecule has 0 saturated carbocycles. The summed E-state index contributed by atoms with van der Waals surface area (Å²) in [5, 5.41) is 24.4. The smallest absolute Gasteiger partial charge is 0.387 e. The summed E-state index contributed by atoms with van der Waals surface area (Å²) in [5.74, 6) is 0.510. The zero-order valence-electron chi connectivity index (χ0n) is 19.4. The van der Waals surface area contributed by atoms with Crippen molar-refractivity contribution in [3.05, 3.63) is 22.9 Å². The lowest BCUT2D eigenvalue weighted by molar-refractivity contribution is -0.109. The van der Waals surface area contributed by atoms with Gasteiger partial charge in [0.1, 0.15) is 17.8 Å². The third kappa shape index (κ3) is 5.36. The molecule has 14 nitrogen and oxygen atoms in total. The average molecular weight is 521 g/mol. The summed E-state index contributed by atoms with van der Waals surface area (Å²) in [6.07, 6.45) is -0.767. The topological polar surface area (TPSA) is 170 Å². The second-order valence-electron chi connectivity index (χ2n) is 7.94. The van der Waals surface area contributed by atoms with Crippen molar-refractivity contribution in [1.82, 2.24) is 23.6 Å². The Morgan fingerprint density at radius 3 is 2.71 bits per heavy atom. The number of thioether (sulfide) groups is 1. The Morgan fingerprint density at radius 2 is 2.09 bits per heavy atom. The normalized spacial score (nSPS) is 26.8. The van der Waals surface area contributed by atoms with Crippen LogP contribution in [0.1, 0.15) is 20.1 Å². The van der Waals surface area contributed by atoms with Gasteiger partial charge < -0.3 is 20.3 Å². The predicted molar refractivity (Wildman–Crippen MR) is 124 cm³/mol. The fraction of sp³-hybridized carbons (Fsp3) is 0.667. The number of imidazole rings is 1. The van der Waals surface area contributed by atoms with Gasteiger partial charge in [-0.1, -0.05) is 11.8 Å². The van der Waals surface area contributed by atoms with Crippen LogP contribution in [0.5, 0.6) is 0 Å². The molecule has 0 amide bonds. The molecule has 0 aliphatic carbocycles. The molecule has 0 radical (unpaired) electrons. The highest BCUT2D eigenvalue weighted by Gasteiger charge is 2.54. The Kier molecular flexibility index (Phi) is 8.20. The van der Waals surface area contributed by atoms with Crippen LogP contribution in [-0.4, -0.2) is 96.9 Å². The van der Waals surface area contributed by atoms with Gasteiger partial charge in [-0.05, 0) is 21.0 Å². The highest BCUT2D eigenvalue weighted by Crippen LogP contribution is 2.51. The van der Waals surface area contributed by atoms with Crippen LogP contribution in [0.25, 0.3) is 5.78 Å². The summed E-state index contributed by atoms with van der Waals surface area (Å²) in [5.41, 5.74) is -2.40. The third-order valence-electron chi connectivity index (χ3n) is 5.20. The maximum absolute atomic E-state index is 13.1. The van der Waals surface area contributed by atoms with E-state index < -0.39 is 37.5 Å². The molecule has 2 aromatic heterocycles. The van der Waals surface area contributed by atoms with E-state index in [1.54, 1.807) is 7.05 Å². The van der Waals surface area contributed by atoms with Crippen LogP contribution in [0.4, 0.5) is 5.95 Å². The van der Waals surface area contributed by atoms with Gasteiger partial charge in [0, 0.05) is 32.1 Å². The molecule has 0 spiro atoms. The molecule has 1 saturated heterocycles. The number of carbonyl (C=O) groups is 1. The van der Waals surface area contributed by atoms with Crippen LogP contribution < -0.4 is 11.0 Å². The molecule has 34 heavy (non-hydrogen) atoms. The van der Waals surface area contributed by atoms with E-state index in [1.807, 2.05) is 0 Å². The van der Waals surface area contributed by atoms with Crippen molar-refractivity contribution in [2.45, 2.75) is 37.9 Å². The first-order valence-corrected chi connectivity index (χ1v) is 12.8. The molecule has 0 bridgehead atoms. The fourth-order valence-corrected chi connectivity index (χ4v) is 5.14. The molecule has 3 N–H and O–H groups in total. The van der Waals surface area contributed by atoms with Crippen molar-refractivity contribution >= 4 is 36.3 Å². The number of rotatable bonds is 10. The van der Waals surface area contributed by atoms with E-state index in [1.165, 1.54) is 54.0 Å². The monoisotopic (exact) mass is 520 g/mol. The van der Waals surface area contributed by atoms with Gasteiger partial charge in [0.15, 0.2) is 11.3 Å². The fourth-order valence-electron chi connectivity index (χ4n) is 3.37. The minimum Gasteiger partial charge on any atom is -0.387 e. The van der Waals surface area contributed by atoms with E-state index in [2.05, 4.69) is 15.3 Å². The zero-order chi connectivity index (χ0) is 25.3. The van der Waals surface area contributed by atoms with Crippen molar-refractivity contribution < 1.29 is 33.4 Å². The Hall–Kier alpha value is -1.84. The van der Waals surface area contributed by atoms with Crippen LogP contribution >= 0.6 is 19.5 Å². The Bertz CT molecular complexity index is 1140. The summed E-state index contributed by atoms with van der Waals surface area (Å²) in [7, 11) is 0.817. The van der Waals surface area contributed by atoms with Crippen LogP contribution in [0, 0.1) is 0 Å². The predicted octanol–water partition coefficient (Wildman–Crippen LogP) is -0.0754. The summed E-state index contributed by atoms with van der Waals surface area (Å²) in [6.45, 7) is 2.44. The number of nitrogens with zero attached hydrogens (tertiary/aromatic N) is 5. The molecule has 1 aliphatic rings. The molecule has 16 heteroatoms. The first kappa shape index (κ1) is 26.8. The third-order valence-corrected chi connectivity index (χ3v) is 7.94. The zero-order valence-corrected chi connectivity index (χ0v) is 21.2. The summed E-state index contributed by atoms with van der Waals surface area (Å²) < 4.78 is 33.7. The van der Waals surface area contributed by atoms with Crippen LogP contribution in [0.2, 0.25) is 0 Å². The van der Waals surface area contributed by atoms with Crippen molar-refractivity contribution in [2.75, 3.05) is 45.4 Å².